The van der Waals surface area contributed by atoms with Crippen LogP contribution in [0, 0.1) is 0 Å². The van der Waals surface area contributed by atoms with Crippen molar-refractivity contribution in [3.8, 4) is 0 Å². The molecule has 0 radical (unpaired) electrons. The molecule has 0 aromatic carbocycles. The van der Waals surface area contributed by atoms with E-state index in [1.807, 2.05) is 0 Å². The third kappa shape index (κ3) is 4.78. The van der Waals surface area contributed by atoms with Crippen molar-refractivity contribution in [1.29, 1.82) is 0 Å². The number of anilines is 1. The summed E-state index contributed by atoms with van der Waals surface area (Å²) >= 11 is 6.11. The van der Waals surface area contributed by atoms with Gasteiger partial charge in [-0.1, -0.05) is 24.9 Å². The summed E-state index contributed by atoms with van der Waals surface area (Å²) in [6.45, 7) is 4.44. The van der Waals surface area contributed by atoms with E-state index in [9.17, 15) is 0 Å². The van der Waals surface area contributed by atoms with E-state index in [2.05, 4.69) is 22.2 Å². The van der Waals surface area contributed by atoms with Crippen LogP contribution in [-0.4, -0.2) is 34.7 Å². The lowest BCUT2D eigenvalue weighted by atomic mass is 10.2. The van der Waals surface area contributed by atoms with E-state index in [0.717, 1.165) is 25.1 Å². The number of unbranched alkanes of at least 4 members (excludes halogenated alkanes) is 1. The standard InChI is InChI=1S/C12H21ClN4O/c1-2-3-6-17(7-8-18)9-11-10(13)4-5-12(15-11)16-14/h4-5,18H,2-3,6-9,14H2,1H3,(H,15,16). The van der Waals surface area contributed by atoms with Crippen LogP contribution in [0.2, 0.25) is 5.02 Å². The third-order valence-electron chi connectivity index (χ3n) is 2.68. The molecule has 0 aliphatic carbocycles. The van der Waals surface area contributed by atoms with Gasteiger partial charge in [0.2, 0.25) is 0 Å². The topological polar surface area (TPSA) is 74.4 Å². The molecule has 4 N–H and O–H groups in total. The molecule has 6 heteroatoms. The van der Waals surface area contributed by atoms with E-state index in [0.29, 0.717) is 23.9 Å². The molecule has 0 amide bonds. The molecule has 1 rings (SSSR count). The van der Waals surface area contributed by atoms with Gasteiger partial charge >= 0.3 is 0 Å². The fourth-order valence-corrected chi connectivity index (χ4v) is 1.85. The van der Waals surface area contributed by atoms with Gasteiger partial charge in [-0.3, -0.25) is 4.90 Å². The lowest BCUT2D eigenvalue weighted by Crippen LogP contribution is -2.28. The zero-order valence-corrected chi connectivity index (χ0v) is 11.5. The van der Waals surface area contributed by atoms with Crippen LogP contribution >= 0.6 is 11.6 Å². The Morgan fingerprint density at radius 2 is 2.22 bits per heavy atom. The van der Waals surface area contributed by atoms with Crippen LogP contribution in [0.1, 0.15) is 25.5 Å². The molecular formula is C12H21ClN4O. The van der Waals surface area contributed by atoms with Gasteiger partial charge in [0.25, 0.3) is 0 Å². The van der Waals surface area contributed by atoms with E-state index in [1.165, 1.54) is 0 Å². The van der Waals surface area contributed by atoms with Gasteiger partial charge in [0, 0.05) is 13.1 Å². The summed E-state index contributed by atoms with van der Waals surface area (Å²) in [5.74, 6) is 5.92. The van der Waals surface area contributed by atoms with Crippen molar-refractivity contribution in [3.63, 3.8) is 0 Å². The Balaban J connectivity index is 2.72. The maximum absolute atomic E-state index is 9.06. The summed E-state index contributed by atoms with van der Waals surface area (Å²) in [4.78, 5) is 6.47. The van der Waals surface area contributed by atoms with Crippen molar-refractivity contribution < 1.29 is 5.11 Å². The molecule has 1 heterocycles. The Hall–Kier alpha value is -0.880. The van der Waals surface area contributed by atoms with E-state index in [-0.39, 0.29) is 6.61 Å². The number of aliphatic hydroxyl groups excluding tert-OH is 1. The second kappa shape index (κ2) is 8.26. The third-order valence-corrected chi connectivity index (χ3v) is 3.03. The first-order chi connectivity index (χ1) is 8.71. The Labute approximate surface area is 113 Å². The Morgan fingerprint density at radius 1 is 1.44 bits per heavy atom. The number of nitrogens with two attached hydrogens (primary N) is 1. The van der Waals surface area contributed by atoms with Gasteiger partial charge in [-0.05, 0) is 25.1 Å². The number of aromatic nitrogens is 1. The number of halogens is 1. The van der Waals surface area contributed by atoms with E-state index < -0.39 is 0 Å². The van der Waals surface area contributed by atoms with Crippen molar-refractivity contribution in [3.05, 3.63) is 22.8 Å². The lowest BCUT2D eigenvalue weighted by Gasteiger charge is -2.21. The highest BCUT2D eigenvalue weighted by Crippen LogP contribution is 2.18. The van der Waals surface area contributed by atoms with Crippen LogP contribution in [0.3, 0.4) is 0 Å². The summed E-state index contributed by atoms with van der Waals surface area (Å²) in [7, 11) is 0. The van der Waals surface area contributed by atoms with E-state index in [4.69, 9.17) is 22.6 Å². The maximum Gasteiger partial charge on any atom is 0.140 e. The van der Waals surface area contributed by atoms with Crippen molar-refractivity contribution in [2.24, 2.45) is 5.84 Å². The van der Waals surface area contributed by atoms with Crippen LogP contribution in [0.25, 0.3) is 0 Å². The number of hydrogen-bond donors (Lipinski definition) is 3. The van der Waals surface area contributed by atoms with Crippen LogP contribution in [0.15, 0.2) is 12.1 Å². The zero-order chi connectivity index (χ0) is 13.4. The Kier molecular flexibility index (Phi) is 6.97. The van der Waals surface area contributed by atoms with Gasteiger partial charge in [-0.25, -0.2) is 10.8 Å². The van der Waals surface area contributed by atoms with Crippen molar-refractivity contribution in [2.45, 2.75) is 26.3 Å². The highest BCUT2D eigenvalue weighted by atomic mass is 35.5. The minimum Gasteiger partial charge on any atom is -0.395 e. The molecule has 0 atom stereocenters. The van der Waals surface area contributed by atoms with Gasteiger partial charge in [0.15, 0.2) is 0 Å². The predicted octanol–water partition coefficient (Wildman–Crippen LogP) is 1.62. The van der Waals surface area contributed by atoms with E-state index >= 15 is 0 Å². The van der Waals surface area contributed by atoms with Gasteiger partial charge in [-0.15, -0.1) is 0 Å². The molecule has 18 heavy (non-hydrogen) atoms. The number of hydrogen-bond acceptors (Lipinski definition) is 5. The Bertz CT molecular complexity index is 362. The summed E-state index contributed by atoms with van der Waals surface area (Å²) < 4.78 is 0. The molecule has 0 spiro atoms. The molecule has 0 unspecified atom stereocenters. The maximum atomic E-state index is 9.06. The second-order valence-electron chi connectivity index (χ2n) is 4.12. The van der Waals surface area contributed by atoms with Gasteiger partial charge < -0.3 is 10.5 Å². The van der Waals surface area contributed by atoms with Gasteiger partial charge in [-0.2, -0.15) is 0 Å². The summed E-state index contributed by atoms with van der Waals surface area (Å²) in [5, 5.41) is 9.68. The minimum atomic E-state index is 0.135. The number of hydrazine groups is 1. The van der Waals surface area contributed by atoms with Crippen molar-refractivity contribution in [1.82, 2.24) is 9.88 Å². The van der Waals surface area contributed by atoms with Crippen molar-refractivity contribution in [2.75, 3.05) is 25.1 Å². The first-order valence-corrected chi connectivity index (χ1v) is 6.54. The fraction of sp³-hybridized carbons (Fsp3) is 0.583. The van der Waals surface area contributed by atoms with Crippen LogP contribution in [-0.2, 0) is 6.54 Å². The first kappa shape index (κ1) is 15.2. The molecule has 0 bridgehead atoms. The molecule has 0 saturated heterocycles. The average molecular weight is 273 g/mol. The number of nitrogen functional groups attached to an aromatic ring is 1. The molecule has 0 saturated carbocycles. The normalized spacial score (nSPS) is 10.9. The molecule has 0 fully saturated rings. The van der Waals surface area contributed by atoms with Crippen LogP contribution in [0.5, 0.6) is 0 Å². The molecular weight excluding hydrogens is 252 g/mol. The predicted molar refractivity (Wildman–Crippen MR) is 74.3 cm³/mol. The second-order valence-corrected chi connectivity index (χ2v) is 4.53. The highest BCUT2D eigenvalue weighted by Gasteiger charge is 2.10. The Morgan fingerprint density at radius 3 is 2.83 bits per heavy atom. The van der Waals surface area contributed by atoms with Gasteiger partial charge in [0.1, 0.15) is 5.82 Å². The number of aliphatic hydroxyl groups is 1. The number of rotatable bonds is 8. The SMILES string of the molecule is CCCCN(CCO)Cc1nc(NN)ccc1Cl. The highest BCUT2D eigenvalue weighted by molar-refractivity contribution is 6.31. The fourth-order valence-electron chi connectivity index (χ4n) is 1.68. The smallest absolute Gasteiger partial charge is 0.140 e. The molecule has 102 valence electrons. The van der Waals surface area contributed by atoms with Crippen LogP contribution < -0.4 is 11.3 Å². The monoisotopic (exact) mass is 272 g/mol. The van der Waals surface area contributed by atoms with Crippen molar-refractivity contribution >= 4 is 17.4 Å². The number of nitrogens with one attached hydrogen (secondary N) is 1. The zero-order valence-electron chi connectivity index (χ0n) is 10.7. The molecule has 0 aliphatic heterocycles. The quantitative estimate of drug-likeness (QED) is 0.495. The van der Waals surface area contributed by atoms with Gasteiger partial charge in [0.05, 0.1) is 17.3 Å². The summed E-state index contributed by atoms with van der Waals surface area (Å²) in [6, 6.07) is 3.50. The lowest BCUT2D eigenvalue weighted by molar-refractivity contribution is 0.187. The number of pyridine rings is 1. The summed E-state index contributed by atoms with van der Waals surface area (Å²) in [5.41, 5.74) is 3.28. The van der Waals surface area contributed by atoms with E-state index in [1.54, 1.807) is 12.1 Å². The number of nitrogens with zero attached hydrogens (tertiary/aromatic N) is 2. The molecule has 5 nitrogen and oxygen atoms in total. The average Bonchev–Trinajstić information content (AvgIpc) is 2.38. The summed E-state index contributed by atoms with van der Waals surface area (Å²) in [6.07, 6.45) is 2.21. The largest absolute Gasteiger partial charge is 0.395 e. The first-order valence-electron chi connectivity index (χ1n) is 6.16. The molecule has 0 aliphatic rings. The van der Waals surface area contributed by atoms with Crippen LogP contribution in [0.4, 0.5) is 5.82 Å². The molecule has 1 aromatic heterocycles. The molecule has 1 aromatic rings. The minimum absolute atomic E-state index is 0.135.